The largest absolute Gasteiger partial charge is 0.455 e. The summed E-state index contributed by atoms with van der Waals surface area (Å²) in [5.74, 6) is 0. The normalized spacial score (nSPS) is 16.4. The second-order valence-electron chi connectivity index (χ2n) is 5.64. The molecule has 18 heavy (non-hydrogen) atoms. The van der Waals surface area contributed by atoms with E-state index in [9.17, 15) is 0 Å². The molecule has 1 fully saturated rings. The predicted molar refractivity (Wildman–Crippen MR) is 68.6 cm³/mol. The maximum Gasteiger partial charge on any atom is 0.317 e. The molecule has 1 aliphatic heterocycles. The lowest BCUT2D eigenvalue weighted by Gasteiger charge is -2.25. The molecule has 2 heterocycles. The monoisotopic (exact) mass is 251 g/mol. The van der Waals surface area contributed by atoms with E-state index >= 15 is 0 Å². The van der Waals surface area contributed by atoms with Gasteiger partial charge in [-0.25, -0.2) is 9.97 Å². The van der Waals surface area contributed by atoms with Gasteiger partial charge in [0.1, 0.15) is 6.10 Å². The van der Waals surface area contributed by atoms with E-state index in [4.69, 9.17) is 9.47 Å². The third-order valence-corrected chi connectivity index (χ3v) is 2.75. The zero-order valence-corrected chi connectivity index (χ0v) is 11.5. The van der Waals surface area contributed by atoms with Gasteiger partial charge in [0, 0.05) is 29.5 Å². The SMILES string of the molecule is Cc1nc(OC2COC2)ncc1CNC(C)(C)C. The molecule has 2 rings (SSSR count). The fourth-order valence-corrected chi connectivity index (χ4v) is 1.49. The molecule has 0 aliphatic carbocycles. The fraction of sp³-hybridized carbons (Fsp3) is 0.692. The maximum atomic E-state index is 5.56. The third kappa shape index (κ3) is 3.65. The molecule has 1 N–H and O–H groups in total. The van der Waals surface area contributed by atoms with Crippen molar-refractivity contribution in [3.05, 3.63) is 17.5 Å². The molecule has 1 aromatic heterocycles. The fourth-order valence-electron chi connectivity index (χ4n) is 1.49. The molecule has 0 aromatic carbocycles. The van der Waals surface area contributed by atoms with Crippen LogP contribution in [0, 0.1) is 6.92 Å². The van der Waals surface area contributed by atoms with Gasteiger partial charge in [0.25, 0.3) is 0 Å². The van der Waals surface area contributed by atoms with E-state index in [0.29, 0.717) is 19.2 Å². The summed E-state index contributed by atoms with van der Waals surface area (Å²) in [7, 11) is 0. The lowest BCUT2D eigenvalue weighted by atomic mass is 10.1. The number of rotatable bonds is 4. The van der Waals surface area contributed by atoms with Gasteiger partial charge in [-0.1, -0.05) is 0 Å². The number of nitrogens with zero attached hydrogens (tertiary/aromatic N) is 2. The number of aryl methyl sites for hydroxylation is 1. The summed E-state index contributed by atoms with van der Waals surface area (Å²) >= 11 is 0. The first-order chi connectivity index (χ1) is 8.44. The Morgan fingerprint density at radius 3 is 2.67 bits per heavy atom. The summed E-state index contributed by atoms with van der Waals surface area (Å²) in [6.07, 6.45) is 1.94. The highest BCUT2D eigenvalue weighted by molar-refractivity contribution is 5.18. The van der Waals surface area contributed by atoms with E-state index in [2.05, 4.69) is 36.1 Å². The Labute approximate surface area is 108 Å². The summed E-state index contributed by atoms with van der Waals surface area (Å²) in [6.45, 7) is 10.4. The Hall–Kier alpha value is -1.20. The molecule has 1 saturated heterocycles. The first-order valence-electron chi connectivity index (χ1n) is 6.26. The lowest BCUT2D eigenvalue weighted by molar-refractivity contribution is -0.0832. The molecule has 0 spiro atoms. The molecule has 0 bridgehead atoms. The summed E-state index contributed by atoms with van der Waals surface area (Å²) in [5, 5.41) is 3.42. The Kier molecular flexibility index (Phi) is 3.82. The van der Waals surface area contributed by atoms with Crippen LogP contribution in [0.1, 0.15) is 32.0 Å². The van der Waals surface area contributed by atoms with Crippen molar-refractivity contribution >= 4 is 0 Å². The van der Waals surface area contributed by atoms with E-state index in [1.807, 2.05) is 13.1 Å². The number of hydrogen-bond donors (Lipinski definition) is 1. The molecule has 0 atom stereocenters. The van der Waals surface area contributed by atoms with Gasteiger partial charge in [0.2, 0.25) is 0 Å². The highest BCUT2D eigenvalue weighted by Crippen LogP contribution is 2.14. The molecule has 0 radical (unpaired) electrons. The zero-order valence-electron chi connectivity index (χ0n) is 11.5. The van der Waals surface area contributed by atoms with Crippen LogP contribution in [0.5, 0.6) is 6.01 Å². The van der Waals surface area contributed by atoms with E-state index in [0.717, 1.165) is 17.8 Å². The third-order valence-electron chi connectivity index (χ3n) is 2.75. The van der Waals surface area contributed by atoms with Gasteiger partial charge in [0.05, 0.1) is 13.2 Å². The lowest BCUT2D eigenvalue weighted by Crippen LogP contribution is -2.39. The second-order valence-corrected chi connectivity index (χ2v) is 5.64. The molecule has 0 saturated carbocycles. The van der Waals surface area contributed by atoms with Gasteiger partial charge in [-0.05, 0) is 27.7 Å². The predicted octanol–water partition coefficient (Wildman–Crippen LogP) is 1.45. The van der Waals surface area contributed by atoms with Crippen molar-refractivity contribution in [3.63, 3.8) is 0 Å². The van der Waals surface area contributed by atoms with Crippen LogP contribution < -0.4 is 10.1 Å². The molecule has 1 aromatic rings. The van der Waals surface area contributed by atoms with Crippen molar-refractivity contribution in [2.24, 2.45) is 0 Å². The Morgan fingerprint density at radius 1 is 1.44 bits per heavy atom. The number of ether oxygens (including phenoxy) is 2. The van der Waals surface area contributed by atoms with Gasteiger partial charge < -0.3 is 14.8 Å². The summed E-state index contributed by atoms with van der Waals surface area (Å²) < 4.78 is 10.6. The topological polar surface area (TPSA) is 56.3 Å². The van der Waals surface area contributed by atoms with Crippen LogP contribution in [0.25, 0.3) is 0 Å². The molecule has 5 nitrogen and oxygen atoms in total. The van der Waals surface area contributed by atoms with Crippen molar-refractivity contribution in [2.45, 2.75) is 45.9 Å². The number of nitrogens with one attached hydrogen (secondary N) is 1. The minimum absolute atomic E-state index is 0.0882. The minimum Gasteiger partial charge on any atom is -0.455 e. The highest BCUT2D eigenvalue weighted by atomic mass is 16.6. The quantitative estimate of drug-likeness (QED) is 0.877. The van der Waals surface area contributed by atoms with Gasteiger partial charge >= 0.3 is 6.01 Å². The smallest absolute Gasteiger partial charge is 0.317 e. The zero-order chi connectivity index (χ0) is 13.2. The molecule has 100 valence electrons. The summed E-state index contributed by atoms with van der Waals surface area (Å²) in [6, 6.07) is 0.445. The van der Waals surface area contributed by atoms with Crippen LogP contribution in [0.4, 0.5) is 0 Å². The number of hydrogen-bond acceptors (Lipinski definition) is 5. The molecular weight excluding hydrogens is 230 g/mol. The van der Waals surface area contributed by atoms with Crippen LogP contribution in [-0.2, 0) is 11.3 Å². The van der Waals surface area contributed by atoms with Gasteiger partial charge in [-0.2, -0.15) is 0 Å². The highest BCUT2D eigenvalue weighted by Gasteiger charge is 2.21. The van der Waals surface area contributed by atoms with Gasteiger partial charge in [-0.3, -0.25) is 0 Å². The Balaban J connectivity index is 1.96. The van der Waals surface area contributed by atoms with E-state index in [1.165, 1.54) is 0 Å². The van der Waals surface area contributed by atoms with Crippen LogP contribution in [-0.4, -0.2) is 34.8 Å². The molecule has 1 aliphatic rings. The summed E-state index contributed by atoms with van der Waals surface area (Å²) in [5.41, 5.74) is 2.14. The van der Waals surface area contributed by atoms with E-state index in [-0.39, 0.29) is 11.6 Å². The van der Waals surface area contributed by atoms with Gasteiger partial charge in [-0.15, -0.1) is 0 Å². The van der Waals surface area contributed by atoms with Crippen molar-refractivity contribution in [3.8, 4) is 6.01 Å². The average Bonchev–Trinajstić information content (AvgIpc) is 2.21. The Bertz CT molecular complexity index is 411. The van der Waals surface area contributed by atoms with Crippen LogP contribution in [0.15, 0.2) is 6.20 Å². The molecule has 0 amide bonds. The van der Waals surface area contributed by atoms with Crippen LogP contribution in [0.3, 0.4) is 0 Å². The second kappa shape index (κ2) is 5.20. The average molecular weight is 251 g/mol. The first kappa shape index (κ1) is 13.2. The van der Waals surface area contributed by atoms with E-state index < -0.39 is 0 Å². The van der Waals surface area contributed by atoms with Crippen molar-refractivity contribution < 1.29 is 9.47 Å². The minimum atomic E-state index is 0.0882. The maximum absolute atomic E-state index is 5.56. The van der Waals surface area contributed by atoms with Crippen LogP contribution >= 0.6 is 0 Å². The van der Waals surface area contributed by atoms with Crippen molar-refractivity contribution in [1.82, 2.24) is 15.3 Å². The van der Waals surface area contributed by atoms with E-state index in [1.54, 1.807) is 0 Å². The van der Waals surface area contributed by atoms with Crippen molar-refractivity contribution in [1.29, 1.82) is 0 Å². The Morgan fingerprint density at radius 2 is 2.17 bits per heavy atom. The summed E-state index contributed by atoms with van der Waals surface area (Å²) in [4.78, 5) is 8.60. The van der Waals surface area contributed by atoms with Crippen LogP contribution in [0.2, 0.25) is 0 Å². The molecule has 5 heteroatoms. The standard InChI is InChI=1S/C13H21N3O2/c1-9-10(6-15-13(2,3)4)5-14-12(16-9)18-11-7-17-8-11/h5,11,15H,6-8H2,1-4H3. The molecular formula is C13H21N3O2. The van der Waals surface area contributed by atoms with Crippen molar-refractivity contribution in [2.75, 3.05) is 13.2 Å². The van der Waals surface area contributed by atoms with Gasteiger partial charge in [0.15, 0.2) is 0 Å². The first-order valence-corrected chi connectivity index (χ1v) is 6.26. The molecule has 0 unspecified atom stereocenters. The number of aromatic nitrogens is 2.